The van der Waals surface area contributed by atoms with E-state index in [1.165, 1.54) is 11.8 Å². The van der Waals surface area contributed by atoms with Crippen molar-refractivity contribution >= 4 is 34.7 Å². The van der Waals surface area contributed by atoms with Gasteiger partial charge in [-0.3, -0.25) is 10.8 Å². The molecule has 1 aliphatic rings. The zero-order valence-electron chi connectivity index (χ0n) is 18.6. The maximum Gasteiger partial charge on any atom is 0.156 e. The quantitative estimate of drug-likeness (QED) is 0.208. The van der Waals surface area contributed by atoms with Crippen LogP contribution in [0, 0.1) is 10.8 Å². The highest BCUT2D eigenvalue weighted by Gasteiger charge is 2.22. The number of nitrogen functional groups attached to an aromatic ring is 1. The van der Waals surface area contributed by atoms with Gasteiger partial charge in [0.25, 0.3) is 0 Å². The molecule has 0 radical (unpaired) electrons. The van der Waals surface area contributed by atoms with Crippen molar-refractivity contribution in [1.29, 1.82) is 10.8 Å². The van der Waals surface area contributed by atoms with Crippen LogP contribution in [0.15, 0.2) is 34.6 Å². The highest BCUT2D eigenvalue weighted by Crippen LogP contribution is 2.25. The van der Waals surface area contributed by atoms with E-state index in [0.717, 1.165) is 12.1 Å². The number of benzene rings is 1. The van der Waals surface area contributed by atoms with Gasteiger partial charge in [-0.15, -0.1) is 5.06 Å². The summed E-state index contributed by atoms with van der Waals surface area (Å²) in [4.78, 5) is 12.2. The third-order valence-electron chi connectivity index (χ3n) is 4.51. The smallest absolute Gasteiger partial charge is 0.156 e. The van der Waals surface area contributed by atoms with E-state index >= 15 is 0 Å². The van der Waals surface area contributed by atoms with Crippen LogP contribution < -0.4 is 16.2 Å². The Morgan fingerprint density at radius 3 is 2.52 bits per heavy atom. The Balaban J connectivity index is 2.17. The van der Waals surface area contributed by atoms with E-state index in [2.05, 4.69) is 4.99 Å². The lowest BCUT2D eigenvalue weighted by Gasteiger charge is -2.35. The first-order chi connectivity index (χ1) is 14.8. The zero-order chi connectivity index (χ0) is 23.0. The average Bonchev–Trinajstić information content (AvgIpc) is 2.73. The van der Waals surface area contributed by atoms with Crippen molar-refractivity contribution in [2.45, 2.75) is 33.8 Å². The van der Waals surface area contributed by atoms with Crippen LogP contribution in [0.4, 0.5) is 5.69 Å². The van der Waals surface area contributed by atoms with Crippen molar-refractivity contribution in [2.24, 2.45) is 10.7 Å². The second-order valence-electron chi connectivity index (χ2n) is 7.22. The molecule has 10 heteroatoms. The Kier molecular flexibility index (Phi) is 9.20. The van der Waals surface area contributed by atoms with Gasteiger partial charge < -0.3 is 25.9 Å². The van der Waals surface area contributed by atoms with Crippen LogP contribution in [-0.2, 0) is 4.84 Å². The standard InChI is InChI=1S/C21H33N7O2S/c1-5-31-21(25)27-8-10-28(11-9-27)30-15(4)20(26-13-22)19(24)17-12-16(29-14(2)3)6-7-18(17)23/h6-7,12-14,24-25H,5,8-11,23H2,1-4H3,(H2,22,26). The number of piperazine rings is 1. The topological polar surface area (TPSA) is 137 Å². The molecule has 31 heavy (non-hydrogen) atoms. The summed E-state index contributed by atoms with van der Waals surface area (Å²) in [5.41, 5.74) is 13.0. The summed E-state index contributed by atoms with van der Waals surface area (Å²) in [5, 5.41) is 19.2. The molecule has 0 atom stereocenters. The average molecular weight is 448 g/mol. The van der Waals surface area contributed by atoms with Gasteiger partial charge in [0.05, 0.1) is 31.2 Å². The van der Waals surface area contributed by atoms with Crippen LogP contribution in [-0.4, -0.2) is 65.2 Å². The summed E-state index contributed by atoms with van der Waals surface area (Å²) < 4.78 is 5.73. The third kappa shape index (κ3) is 6.90. The van der Waals surface area contributed by atoms with Gasteiger partial charge in [-0.05, 0) is 44.7 Å². The molecular formula is C21H33N7O2S. The number of nitrogens with one attached hydrogen (secondary N) is 2. The molecule has 1 fully saturated rings. The molecule has 1 aromatic rings. The summed E-state index contributed by atoms with van der Waals surface area (Å²) in [6, 6.07) is 5.22. The lowest BCUT2D eigenvalue weighted by molar-refractivity contribution is -0.135. The van der Waals surface area contributed by atoms with Crippen molar-refractivity contribution in [1.82, 2.24) is 9.96 Å². The maximum absolute atomic E-state index is 8.69. The lowest BCUT2D eigenvalue weighted by atomic mass is 10.0. The SMILES string of the molecule is CCSC(=N)N1CCN(OC(C)=C(N=CN)C(=N)c2cc(OC(C)C)ccc2N)CC1. The molecule has 0 bridgehead atoms. The van der Waals surface area contributed by atoms with Crippen LogP contribution in [0.2, 0.25) is 0 Å². The van der Waals surface area contributed by atoms with Gasteiger partial charge in [0, 0.05) is 24.3 Å². The molecule has 1 aliphatic heterocycles. The third-order valence-corrected chi connectivity index (χ3v) is 5.33. The van der Waals surface area contributed by atoms with Crippen molar-refractivity contribution in [3.8, 4) is 5.75 Å². The van der Waals surface area contributed by atoms with E-state index in [4.69, 9.17) is 31.9 Å². The first-order valence-electron chi connectivity index (χ1n) is 10.3. The van der Waals surface area contributed by atoms with Crippen molar-refractivity contribution < 1.29 is 9.57 Å². The van der Waals surface area contributed by atoms with E-state index in [9.17, 15) is 0 Å². The fraction of sp³-hybridized carbons (Fsp3) is 0.476. The number of nitrogens with zero attached hydrogens (tertiary/aromatic N) is 3. The molecule has 0 saturated carbocycles. The zero-order valence-corrected chi connectivity index (χ0v) is 19.5. The van der Waals surface area contributed by atoms with Crippen LogP contribution in [0.5, 0.6) is 5.75 Å². The second kappa shape index (κ2) is 11.6. The molecule has 0 spiro atoms. The van der Waals surface area contributed by atoms with Gasteiger partial charge in [-0.25, -0.2) is 4.99 Å². The molecule has 0 unspecified atom stereocenters. The first-order valence-corrected chi connectivity index (χ1v) is 11.2. The molecule has 0 aromatic heterocycles. The molecule has 170 valence electrons. The van der Waals surface area contributed by atoms with E-state index in [-0.39, 0.29) is 11.8 Å². The fourth-order valence-corrected chi connectivity index (χ4v) is 3.72. The predicted octanol–water partition coefficient (Wildman–Crippen LogP) is 2.88. The largest absolute Gasteiger partial charge is 0.491 e. The fourth-order valence-electron chi connectivity index (χ4n) is 3.08. The van der Waals surface area contributed by atoms with Gasteiger partial charge in [0.15, 0.2) is 5.17 Å². The van der Waals surface area contributed by atoms with Crippen molar-refractivity contribution in [2.75, 3.05) is 37.7 Å². The van der Waals surface area contributed by atoms with Gasteiger partial charge >= 0.3 is 0 Å². The lowest BCUT2D eigenvalue weighted by Crippen LogP contribution is -2.47. The molecule has 6 N–H and O–H groups in total. The number of hydroxylamine groups is 2. The molecule has 0 aliphatic carbocycles. The number of amidine groups is 1. The van der Waals surface area contributed by atoms with Crippen LogP contribution in [0.1, 0.15) is 33.3 Å². The minimum Gasteiger partial charge on any atom is -0.491 e. The van der Waals surface area contributed by atoms with Crippen LogP contribution >= 0.6 is 11.8 Å². The van der Waals surface area contributed by atoms with Gasteiger partial charge in [0.2, 0.25) is 0 Å². The molecule has 2 rings (SSSR count). The Morgan fingerprint density at radius 1 is 1.26 bits per heavy atom. The number of thioether (sulfide) groups is 1. The van der Waals surface area contributed by atoms with Crippen molar-refractivity contribution in [3.05, 3.63) is 35.2 Å². The molecular weight excluding hydrogens is 414 g/mol. The number of hydrogen-bond donors (Lipinski definition) is 4. The van der Waals surface area contributed by atoms with E-state index in [1.807, 2.05) is 30.7 Å². The van der Waals surface area contributed by atoms with E-state index in [0.29, 0.717) is 59.8 Å². The number of aliphatic imine (C=N–C) groups is 1. The van der Waals surface area contributed by atoms with Gasteiger partial charge in [0.1, 0.15) is 17.2 Å². The normalized spacial score (nSPS) is 15.8. The highest BCUT2D eigenvalue weighted by molar-refractivity contribution is 8.13. The Bertz CT molecular complexity index is 846. The molecule has 9 nitrogen and oxygen atoms in total. The highest BCUT2D eigenvalue weighted by atomic mass is 32.2. The van der Waals surface area contributed by atoms with Gasteiger partial charge in [-0.1, -0.05) is 18.7 Å². The Hall–Kier alpha value is -2.72. The first kappa shape index (κ1) is 24.5. The van der Waals surface area contributed by atoms with Gasteiger partial charge in [-0.2, -0.15) is 0 Å². The second-order valence-corrected chi connectivity index (χ2v) is 8.47. The number of rotatable bonds is 8. The Labute approximate surface area is 188 Å². The Morgan fingerprint density at radius 2 is 1.94 bits per heavy atom. The monoisotopic (exact) mass is 447 g/mol. The van der Waals surface area contributed by atoms with E-state index in [1.54, 1.807) is 25.1 Å². The maximum atomic E-state index is 8.69. The minimum atomic E-state index is 0.00341. The molecule has 1 saturated heterocycles. The number of anilines is 1. The number of hydrogen-bond acceptors (Lipinski definition) is 8. The summed E-state index contributed by atoms with van der Waals surface area (Å²) in [7, 11) is 0. The summed E-state index contributed by atoms with van der Waals surface area (Å²) in [5.74, 6) is 1.96. The molecule has 1 heterocycles. The summed E-state index contributed by atoms with van der Waals surface area (Å²) in [6.45, 7) is 10.3. The van der Waals surface area contributed by atoms with Crippen LogP contribution in [0.25, 0.3) is 0 Å². The number of nitrogens with two attached hydrogens (primary N) is 2. The molecule has 0 amide bonds. The number of allylic oxidation sites excluding steroid dienone is 2. The minimum absolute atomic E-state index is 0.00341. The van der Waals surface area contributed by atoms with Crippen molar-refractivity contribution in [3.63, 3.8) is 0 Å². The summed E-state index contributed by atoms with van der Waals surface area (Å²) in [6.07, 6.45) is 1.14. The summed E-state index contributed by atoms with van der Waals surface area (Å²) >= 11 is 1.53. The van der Waals surface area contributed by atoms with Crippen LogP contribution in [0.3, 0.4) is 0 Å². The predicted molar refractivity (Wildman–Crippen MR) is 129 cm³/mol. The van der Waals surface area contributed by atoms with E-state index < -0.39 is 0 Å². The molecule has 1 aromatic carbocycles. The number of ether oxygens (including phenoxy) is 1.